The normalized spacial score (nSPS) is 41.8. The highest BCUT2D eigenvalue weighted by Gasteiger charge is 2.58. The number of fused-ring (bicyclic) bond motifs is 1. The predicted molar refractivity (Wildman–Crippen MR) is 93.2 cm³/mol. The number of guanidine groups is 1. The quantitative estimate of drug-likeness (QED) is 0.366. The van der Waals surface area contributed by atoms with Crippen LogP contribution in [0.5, 0.6) is 0 Å². The van der Waals surface area contributed by atoms with Crippen LogP contribution in [-0.2, 0) is 0 Å². The number of nitrogens with two attached hydrogens (primary N) is 1. The van der Waals surface area contributed by atoms with Crippen LogP contribution in [0.4, 0.5) is 0 Å². The standard InChI is InChI=1S/C18H32N4O/c1-17-9-7-14(13-5-3-2-4-6-13)11-18(17,23)10-8-15(17)12-21-22-16(19)20/h12-15,23H,2-11H2,1H3,(H4,19,20,22)/t14-,15+,17+,18-/m0/s1. The van der Waals surface area contributed by atoms with Gasteiger partial charge in [0.15, 0.2) is 0 Å². The molecule has 3 rings (SSSR count). The van der Waals surface area contributed by atoms with Crippen molar-refractivity contribution in [3.05, 3.63) is 0 Å². The zero-order valence-corrected chi connectivity index (χ0v) is 14.4. The monoisotopic (exact) mass is 320 g/mol. The first kappa shape index (κ1) is 16.7. The molecule has 5 heteroatoms. The number of hydrazone groups is 1. The maximum atomic E-state index is 11.4. The number of aliphatic hydroxyl groups is 1. The molecule has 0 saturated heterocycles. The molecule has 5 N–H and O–H groups in total. The van der Waals surface area contributed by atoms with Crippen molar-refractivity contribution in [2.75, 3.05) is 0 Å². The van der Waals surface area contributed by atoms with Gasteiger partial charge in [0.05, 0.1) is 5.60 Å². The first-order chi connectivity index (χ1) is 10.9. The van der Waals surface area contributed by atoms with Crippen LogP contribution in [-0.4, -0.2) is 22.9 Å². The van der Waals surface area contributed by atoms with E-state index in [4.69, 9.17) is 11.1 Å². The molecule has 130 valence electrons. The van der Waals surface area contributed by atoms with Gasteiger partial charge in [-0.1, -0.05) is 39.0 Å². The molecule has 0 spiro atoms. The Labute approximate surface area is 139 Å². The molecule has 4 atom stereocenters. The van der Waals surface area contributed by atoms with Crippen LogP contribution < -0.4 is 11.2 Å². The molecule has 0 radical (unpaired) electrons. The van der Waals surface area contributed by atoms with Gasteiger partial charge in [0.25, 0.3) is 0 Å². The van der Waals surface area contributed by atoms with Gasteiger partial charge in [-0.15, -0.1) is 0 Å². The SMILES string of the molecule is C[C@]12CC[C@H](C3CCCCC3)C[C@@]1(O)CC[C@@H]2C=NNC(=N)N. The lowest BCUT2D eigenvalue weighted by Gasteiger charge is -2.50. The highest BCUT2D eigenvalue weighted by molar-refractivity contribution is 5.75. The molecule has 3 saturated carbocycles. The van der Waals surface area contributed by atoms with E-state index in [9.17, 15) is 5.11 Å². The summed E-state index contributed by atoms with van der Waals surface area (Å²) in [5.74, 6) is 1.68. The van der Waals surface area contributed by atoms with E-state index in [0.29, 0.717) is 5.92 Å². The van der Waals surface area contributed by atoms with Crippen molar-refractivity contribution >= 4 is 12.2 Å². The van der Waals surface area contributed by atoms with E-state index in [1.807, 2.05) is 6.21 Å². The Morgan fingerprint density at radius 2 is 1.91 bits per heavy atom. The molecule has 3 aliphatic carbocycles. The van der Waals surface area contributed by atoms with E-state index in [-0.39, 0.29) is 17.3 Å². The first-order valence-corrected chi connectivity index (χ1v) is 9.30. The zero-order valence-electron chi connectivity index (χ0n) is 14.4. The molecule has 0 heterocycles. The molecule has 0 amide bonds. The first-order valence-electron chi connectivity index (χ1n) is 9.30. The summed E-state index contributed by atoms with van der Waals surface area (Å²) in [4.78, 5) is 0. The summed E-state index contributed by atoms with van der Waals surface area (Å²) >= 11 is 0. The molecular weight excluding hydrogens is 288 g/mol. The molecule has 3 fully saturated rings. The lowest BCUT2D eigenvalue weighted by Crippen LogP contribution is -2.51. The minimum Gasteiger partial charge on any atom is -0.389 e. The third-order valence-electron chi connectivity index (χ3n) is 7.14. The van der Waals surface area contributed by atoms with Crippen LogP contribution >= 0.6 is 0 Å². The number of rotatable bonds is 3. The third kappa shape index (κ3) is 3.12. The van der Waals surface area contributed by atoms with Gasteiger partial charge >= 0.3 is 0 Å². The number of nitrogens with zero attached hydrogens (tertiary/aromatic N) is 1. The van der Waals surface area contributed by atoms with Crippen LogP contribution in [0.15, 0.2) is 5.10 Å². The summed E-state index contributed by atoms with van der Waals surface area (Å²) in [5.41, 5.74) is 7.16. The van der Waals surface area contributed by atoms with Crippen LogP contribution in [0.25, 0.3) is 0 Å². The molecule has 0 aromatic carbocycles. The Bertz CT molecular complexity index is 474. The van der Waals surface area contributed by atoms with Crippen molar-refractivity contribution in [1.82, 2.24) is 5.43 Å². The summed E-state index contributed by atoms with van der Waals surface area (Å²) in [6, 6.07) is 0. The minimum absolute atomic E-state index is 0.0832. The van der Waals surface area contributed by atoms with E-state index in [2.05, 4.69) is 17.5 Å². The molecule has 23 heavy (non-hydrogen) atoms. The van der Waals surface area contributed by atoms with Gasteiger partial charge in [0, 0.05) is 17.5 Å². The summed E-state index contributed by atoms with van der Waals surface area (Å²) in [6.07, 6.45) is 13.9. The molecule has 0 aliphatic heterocycles. The van der Waals surface area contributed by atoms with Crippen molar-refractivity contribution < 1.29 is 5.11 Å². The van der Waals surface area contributed by atoms with Crippen LogP contribution in [0, 0.1) is 28.6 Å². The largest absolute Gasteiger partial charge is 0.389 e. The Balaban J connectivity index is 1.68. The second-order valence-corrected chi connectivity index (χ2v) is 8.30. The van der Waals surface area contributed by atoms with Gasteiger partial charge in [0.2, 0.25) is 5.96 Å². The van der Waals surface area contributed by atoms with Gasteiger partial charge in [-0.25, -0.2) is 5.43 Å². The van der Waals surface area contributed by atoms with Gasteiger partial charge in [-0.2, -0.15) is 5.10 Å². The Morgan fingerprint density at radius 1 is 1.17 bits per heavy atom. The maximum absolute atomic E-state index is 11.4. The smallest absolute Gasteiger partial charge is 0.206 e. The topological polar surface area (TPSA) is 94.5 Å². The molecule has 0 unspecified atom stereocenters. The lowest BCUT2D eigenvalue weighted by atomic mass is 9.57. The van der Waals surface area contributed by atoms with Crippen molar-refractivity contribution in [3.63, 3.8) is 0 Å². The van der Waals surface area contributed by atoms with E-state index < -0.39 is 5.60 Å². The lowest BCUT2D eigenvalue weighted by molar-refractivity contribution is -0.115. The fourth-order valence-electron chi connectivity index (χ4n) is 5.56. The van der Waals surface area contributed by atoms with Gasteiger partial charge < -0.3 is 10.8 Å². The molecule has 0 bridgehead atoms. The average Bonchev–Trinajstić information content (AvgIpc) is 2.79. The average molecular weight is 320 g/mol. The summed E-state index contributed by atoms with van der Waals surface area (Å²) in [7, 11) is 0. The van der Waals surface area contributed by atoms with Crippen LogP contribution in [0.2, 0.25) is 0 Å². The summed E-state index contributed by atoms with van der Waals surface area (Å²) in [5, 5.41) is 22.7. The number of hydrogen-bond acceptors (Lipinski definition) is 3. The highest BCUT2D eigenvalue weighted by Crippen LogP contribution is 2.60. The maximum Gasteiger partial charge on any atom is 0.206 e. The van der Waals surface area contributed by atoms with Crippen molar-refractivity contribution in [1.29, 1.82) is 5.41 Å². The van der Waals surface area contributed by atoms with Crippen molar-refractivity contribution in [2.45, 2.75) is 76.7 Å². The Kier molecular flexibility index (Phi) is 4.68. The van der Waals surface area contributed by atoms with Crippen molar-refractivity contribution in [2.24, 2.45) is 34.0 Å². The number of hydrogen-bond donors (Lipinski definition) is 4. The van der Waals surface area contributed by atoms with E-state index in [1.54, 1.807) is 0 Å². The fourth-order valence-corrected chi connectivity index (χ4v) is 5.56. The number of nitrogens with one attached hydrogen (secondary N) is 2. The molecule has 0 aromatic heterocycles. The van der Waals surface area contributed by atoms with E-state index >= 15 is 0 Å². The van der Waals surface area contributed by atoms with Crippen LogP contribution in [0.1, 0.15) is 71.1 Å². The third-order valence-corrected chi connectivity index (χ3v) is 7.14. The van der Waals surface area contributed by atoms with Gasteiger partial charge in [-0.3, -0.25) is 5.41 Å². The second-order valence-electron chi connectivity index (χ2n) is 8.30. The van der Waals surface area contributed by atoms with Gasteiger partial charge in [0.1, 0.15) is 0 Å². The van der Waals surface area contributed by atoms with E-state index in [1.165, 1.54) is 38.5 Å². The Morgan fingerprint density at radius 3 is 2.61 bits per heavy atom. The minimum atomic E-state index is -0.541. The second kappa shape index (κ2) is 6.42. The predicted octanol–water partition coefficient (Wildman–Crippen LogP) is 2.98. The van der Waals surface area contributed by atoms with Crippen LogP contribution in [0.3, 0.4) is 0 Å². The molecule has 5 nitrogen and oxygen atoms in total. The zero-order chi connectivity index (χ0) is 16.5. The molecule has 0 aromatic rings. The van der Waals surface area contributed by atoms with Gasteiger partial charge in [-0.05, 0) is 43.9 Å². The van der Waals surface area contributed by atoms with Crippen molar-refractivity contribution in [3.8, 4) is 0 Å². The fraction of sp³-hybridized carbons (Fsp3) is 0.889. The molecular formula is C18H32N4O. The molecule has 3 aliphatic rings. The highest BCUT2D eigenvalue weighted by atomic mass is 16.3. The summed E-state index contributed by atoms with van der Waals surface area (Å²) in [6.45, 7) is 2.24. The summed E-state index contributed by atoms with van der Waals surface area (Å²) < 4.78 is 0. The Hall–Kier alpha value is -1.10. The van der Waals surface area contributed by atoms with E-state index in [0.717, 1.165) is 31.6 Å².